The second-order valence-corrected chi connectivity index (χ2v) is 5.92. The van der Waals surface area contributed by atoms with Crippen LogP contribution in [0.15, 0.2) is 22.7 Å². The van der Waals surface area contributed by atoms with E-state index in [9.17, 15) is 4.79 Å². The highest BCUT2D eigenvalue weighted by Gasteiger charge is 2.14. The van der Waals surface area contributed by atoms with Crippen LogP contribution >= 0.6 is 27.5 Å². The third kappa shape index (κ3) is 3.28. The van der Waals surface area contributed by atoms with Gasteiger partial charge in [0.1, 0.15) is 5.82 Å². The van der Waals surface area contributed by atoms with Crippen molar-refractivity contribution in [3.63, 3.8) is 0 Å². The number of benzene rings is 1. The van der Waals surface area contributed by atoms with Crippen LogP contribution in [-0.2, 0) is 11.3 Å². The molecule has 0 aliphatic heterocycles. The number of aromatic nitrogens is 2. The molecule has 2 aromatic rings. The van der Waals surface area contributed by atoms with Crippen molar-refractivity contribution in [2.75, 3.05) is 6.54 Å². The van der Waals surface area contributed by atoms with E-state index < -0.39 is 0 Å². The van der Waals surface area contributed by atoms with Gasteiger partial charge in [0.2, 0.25) is 5.91 Å². The van der Waals surface area contributed by atoms with E-state index in [1.54, 1.807) is 0 Å². The summed E-state index contributed by atoms with van der Waals surface area (Å²) < 4.78 is 3.04. The first-order valence-electron chi connectivity index (χ1n) is 6.03. The highest BCUT2D eigenvalue weighted by atomic mass is 79.9. The molecule has 1 aromatic carbocycles. The molecule has 1 atom stereocenters. The van der Waals surface area contributed by atoms with Gasteiger partial charge in [-0.15, -0.1) is 11.6 Å². The van der Waals surface area contributed by atoms with Crippen LogP contribution in [0.2, 0.25) is 0 Å². The fourth-order valence-electron chi connectivity index (χ4n) is 2.00. The quantitative estimate of drug-likeness (QED) is 0.866. The largest absolute Gasteiger partial charge is 0.355 e. The maximum atomic E-state index is 10.9. The van der Waals surface area contributed by atoms with E-state index in [1.165, 1.54) is 6.92 Å². The van der Waals surface area contributed by atoms with Crippen molar-refractivity contribution >= 4 is 44.5 Å². The van der Waals surface area contributed by atoms with E-state index in [2.05, 4.69) is 26.2 Å². The van der Waals surface area contributed by atoms with Crippen LogP contribution in [0.5, 0.6) is 0 Å². The Kier molecular flexibility index (Phi) is 4.47. The van der Waals surface area contributed by atoms with Crippen molar-refractivity contribution in [1.82, 2.24) is 14.9 Å². The number of carbonyl (C=O) groups excluding carboxylic acids is 1. The van der Waals surface area contributed by atoms with Gasteiger partial charge < -0.3 is 9.88 Å². The first-order chi connectivity index (χ1) is 8.99. The normalized spacial score (nSPS) is 12.6. The number of rotatable bonds is 4. The number of fused-ring (bicyclic) bond motifs is 1. The molecule has 0 spiro atoms. The zero-order valence-electron chi connectivity index (χ0n) is 10.8. The topological polar surface area (TPSA) is 46.9 Å². The average molecular weight is 345 g/mol. The van der Waals surface area contributed by atoms with Gasteiger partial charge in [-0.05, 0) is 25.1 Å². The molecule has 1 amide bonds. The molecule has 6 heteroatoms. The Morgan fingerprint density at radius 2 is 2.32 bits per heavy atom. The van der Waals surface area contributed by atoms with Crippen molar-refractivity contribution in [3.05, 3.63) is 28.5 Å². The summed E-state index contributed by atoms with van der Waals surface area (Å²) in [6.45, 7) is 4.61. The van der Waals surface area contributed by atoms with E-state index in [0.29, 0.717) is 13.1 Å². The second kappa shape index (κ2) is 5.92. The number of hydrogen-bond acceptors (Lipinski definition) is 2. The predicted octanol–water partition coefficient (Wildman–Crippen LogP) is 3.23. The standard InChI is InChI=1S/C13H15BrClN3O/c1-8(15)13-17-11-4-3-10(14)7-12(11)18(13)6-5-16-9(2)19/h3-4,7-8H,5-6H2,1-2H3,(H,16,19). The van der Waals surface area contributed by atoms with Crippen LogP contribution < -0.4 is 5.32 Å². The van der Waals surface area contributed by atoms with Crippen LogP contribution in [0.1, 0.15) is 25.0 Å². The summed E-state index contributed by atoms with van der Waals surface area (Å²) in [4.78, 5) is 15.5. The lowest BCUT2D eigenvalue weighted by atomic mass is 10.3. The molecule has 0 saturated heterocycles. The molecule has 0 aliphatic carbocycles. The number of carbonyl (C=O) groups is 1. The van der Waals surface area contributed by atoms with Crippen molar-refractivity contribution in [3.8, 4) is 0 Å². The molecule has 0 radical (unpaired) electrons. The predicted molar refractivity (Wildman–Crippen MR) is 80.4 cm³/mol. The van der Waals surface area contributed by atoms with E-state index in [-0.39, 0.29) is 11.3 Å². The molecule has 1 N–H and O–H groups in total. The first kappa shape index (κ1) is 14.3. The molecule has 2 rings (SSSR count). The molecule has 0 aliphatic rings. The monoisotopic (exact) mass is 343 g/mol. The minimum atomic E-state index is -0.177. The summed E-state index contributed by atoms with van der Waals surface area (Å²) in [6.07, 6.45) is 0. The Labute approximate surface area is 125 Å². The number of halogens is 2. The fourth-order valence-corrected chi connectivity index (χ4v) is 2.51. The van der Waals surface area contributed by atoms with Gasteiger partial charge >= 0.3 is 0 Å². The lowest BCUT2D eigenvalue weighted by Crippen LogP contribution is -2.25. The van der Waals surface area contributed by atoms with Crippen LogP contribution in [0.4, 0.5) is 0 Å². The Morgan fingerprint density at radius 1 is 1.58 bits per heavy atom. The summed E-state index contributed by atoms with van der Waals surface area (Å²) in [5.41, 5.74) is 1.93. The van der Waals surface area contributed by atoms with E-state index >= 15 is 0 Å². The van der Waals surface area contributed by atoms with E-state index in [0.717, 1.165) is 21.3 Å². The summed E-state index contributed by atoms with van der Waals surface area (Å²) in [6, 6.07) is 5.92. The molecule has 0 bridgehead atoms. The molecule has 0 saturated carbocycles. The van der Waals surface area contributed by atoms with Crippen LogP contribution in [0.3, 0.4) is 0 Å². The second-order valence-electron chi connectivity index (χ2n) is 4.35. The number of nitrogens with one attached hydrogen (secondary N) is 1. The van der Waals surface area contributed by atoms with Gasteiger partial charge in [-0.2, -0.15) is 0 Å². The van der Waals surface area contributed by atoms with Gasteiger partial charge in [-0.3, -0.25) is 4.79 Å². The summed E-state index contributed by atoms with van der Waals surface area (Å²) in [7, 11) is 0. The lowest BCUT2D eigenvalue weighted by molar-refractivity contribution is -0.118. The Morgan fingerprint density at radius 3 is 2.95 bits per heavy atom. The lowest BCUT2D eigenvalue weighted by Gasteiger charge is -2.10. The Hall–Kier alpha value is -1.07. The van der Waals surface area contributed by atoms with Crippen molar-refractivity contribution in [2.24, 2.45) is 0 Å². The molecule has 0 fully saturated rings. The third-order valence-electron chi connectivity index (χ3n) is 2.80. The smallest absolute Gasteiger partial charge is 0.216 e. The minimum absolute atomic E-state index is 0.0360. The van der Waals surface area contributed by atoms with Crippen LogP contribution in [-0.4, -0.2) is 22.0 Å². The van der Waals surface area contributed by atoms with Gasteiger partial charge in [0.15, 0.2) is 0 Å². The SMILES string of the molecule is CC(=O)NCCn1c(C(C)Cl)nc2ccc(Br)cc21. The fraction of sp³-hybridized carbons (Fsp3) is 0.385. The minimum Gasteiger partial charge on any atom is -0.355 e. The van der Waals surface area contributed by atoms with Gasteiger partial charge in [0.05, 0.1) is 16.4 Å². The molecule has 4 nitrogen and oxygen atoms in total. The van der Waals surface area contributed by atoms with E-state index in [4.69, 9.17) is 11.6 Å². The maximum Gasteiger partial charge on any atom is 0.216 e. The Bertz CT molecular complexity index is 609. The highest BCUT2D eigenvalue weighted by Crippen LogP contribution is 2.26. The van der Waals surface area contributed by atoms with Gasteiger partial charge in [0, 0.05) is 24.5 Å². The van der Waals surface area contributed by atoms with Crippen molar-refractivity contribution in [1.29, 1.82) is 0 Å². The molecular weight excluding hydrogens is 330 g/mol. The molecule has 1 unspecified atom stereocenters. The van der Waals surface area contributed by atoms with Crippen LogP contribution in [0.25, 0.3) is 11.0 Å². The highest BCUT2D eigenvalue weighted by molar-refractivity contribution is 9.10. The third-order valence-corrected chi connectivity index (χ3v) is 3.49. The van der Waals surface area contributed by atoms with Gasteiger partial charge in [-0.25, -0.2) is 4.98 Å². The molecule has 1 heterocycles. The number of alkyl halides is 1. The zero-order chi connectivity index (χ0) is 14.0. The van der Waals surface area contributed by atoms with Gasteiger partial charge in [0.25, 0.3) is 0 Å². The number of amides is 1. The molecular formula is C13H15BrClN3O. The van der Waals surface area contributed by atoms with Crippen LogP contribution in [0, 0.1) is 0 Å². The molecule has 102 valence electrons. The summed E-state index contributed by atoms with van der Waals surface area (Å²) >= 11 is 9.64. The zero-order valence-corrected chi connectivity index (χ0v) is 13.1. The van der Waals surface area contributed by atoms with Crippen molar-refractivity contribution < 1.29 is 4.79 Å². The number of hydrogen-bond donors (Lipinski definition) is 1. The Balaban J connectivity index is 2.39. The maximum absolute atomic E-state index is 10.9. The average Bonchev–Trinajstić information content (AvgIpc) is 2.67. The first-order valence-corrected chi connectivity index (χ1v) is 7.26. The molecule has 1 aromatic heterocycles. The van der Waals surface area contributed by atoms with Crippen molar-refractivity contribution in [2.45, 2.75) is 25.8 Å². The van der Waals surface area contributed by atoms with Gasteiger partial charge in [-0.1, -0.05) is 15.9 Å². The summed E-state index contributed by atoms with van der Waals surface area (Å²) in [5, 5.41) is 2.61. The molecule has 19 heavy (non-hydrogen) atoms. The number of imidazole rings is 1. The van der Waals surface area contributed by atoms with E-state index in [1.807, 2.05) is 29.7 Å². The summed E-state index contributed by atoms with van der Waals surface area (Å²) in [5.74, 6) is 0.784. The number of nitrogens with zero attached hydrogens (tertiary/aromatic N) is 2.